The van der Waals surface area contributed by atoms with E-state index >= 15 is 0 Å². The van der Waals surface area contributed by atoms with Gasteiger partial charge in [-0.05, 0) is 97.2 Å². The van der Waals surface area contributed by atoms with Crippen LogP contribution < -0.4 is 0 Å². The van der Waals surface area contributed by atoms with E-state index in [-0.39, 0.29) is 38.8 Å². The standard InChI is InChI=1S/C36H56O7/c1-31(2)14-16-36(30(42)29-28(41)27(40)26(39)22(19-37)43-29)17-15-34(6)20(21(36)18-31)8-9-24-33(5)12-11-25(38)32(3,4)23(33)10-13-35(24,34)7/h8,21-24,26-29,37,39-41H,9-19H2,1-7H3/t21?,22?,23?,24?,26-,27+,28?,29+,33+,34-,35-,36+/m1/s1. The van der Waals surface area contributed by atoms with Gasteiger partial charge in [-0.1, -0.05) is 60.1 Å². The Morgan fingerprint density at radius 3 is 2.23 bits per heavy atom. The smallest absolute Gasteiger partial charge is 0.171 e. The molecule has 4 saturated carbocycles. The number of ketones is 2. The van der Waals surface area contributed by atoms with Crippen molar-refractivity contribution in [2.75, 3.05) is 6.61 Å². The molecule has 0 aromatic rings. The monoisotopic (exact) mass is 600 g/mol. The zero-order chi connectivity index (χ0) is 31.5. The predicted octanol–water partition coefficient (Wildman–Crippen LogP) is 4.77. The van der Waals surface area contributed by atoms with Crippen LogP contribution in [-0.2, 0) is 14.3 Å². The summed E-state index contributed by atoms with van der Waals surface area (Å²) in [6.07, 6.45) is 4.26. The molecule has 5 fully saturated rings. The topological polar surface area (TPSA) is 124 Å². The van der Waals surface area contributed by atoms with E-state index in [2.05, 4.69) is 54.5 Å². The van der Waals surface area contributed by atoms with Crippen molar-refractivity contribution in [1.82, 2.24) is 0 Å². The number of ether oxygens (including phenoxy) is 1. The van der Waals surface area contributed by atoms with Crippen LogP contribution in [0.3, 0.4) is 0 Å². The molecule has 0 bridgehead atoms. The SMILES string of the molecule is CC1(C)CC[C@]2(C(=O)[C@H]3OC(CO)[C@@H](O)[C@H](O)C3O)CC[C@]3(C)C(=CCC4[C@@]5(C)CCC(=O)C(C)(C)C5CC[C@]43C)C2C1. The maximum absolute atomic E-state index is 14.7. The fraction of sp³-hybridized carbons (Fsp3) is 0.889. The lowest BCUT2D eigenvalue weighted by molar-refractivity contribution is -0.233. The van der Waals surface area contributed by atoms with E-state index in [4.69, 9.17) is 4.74 Å². The number of carbonyl (C=O) groups is 2. The highest BCUT2D eigenvalue weighted by Gasteiger charge is 2.69. The van der Waals surface area contributed by atoms with Crippen LogP contribution in [0.15, 0.2) is 11.6 Å². The average Bonchev–Trinajstić information content (AvgIpc) is 2.94. The number of fused-ring (bicyclic) bond motifs is 7. The number of carbonyl (C=O) groups excluding carboxylic acids is 2. The molecular weight excluding hydrogens is 544 g/mol. The van der Waals surface area contributed by atoms with Gasteiger partial charge in [-0.15, -0.1) is 0 Å². The Kier molecular flexibility index (Phi) is 7.36. The zero-order valence-corrected chi connectivity index (χ0v) is 27.5. The Bertz CT molecular complexity index is 1200. The van der Waals surface area contributed by atoms with Crippen molar-refractivity contribution >= 4 is 11.6 Å². The molecule has 1 heterocycles. The second kappa shape index (κ2) is 9.94. The van der Waals surface area contributed by atoms with Crippen molar-refractivity contribution in [2.24, 2.45) is 50.2 Å². The Labute approximate surface area is 257 Å². The Morgan fingerprint density at radius 1 is 0.884 bits per heavy atom. The van der Waals surface area contributed by atoms with E-state index in [0.29, 0.717) is 36.9 Å². The molecule has 0 aromatic heterocycles. The molecule has 5 unspecified atom stereocenters. The normalized spacial score (nSPS) is 52.2. The summed E-state index contributed by atoms with van der Waals surface area (Å²) in [6.45, 7) is 15.8. The summed E-state index contributed by atoms with van der Waals surface area (Å²) in [5.41, 5.74) is 0.465. The van der Waals surface area contributed by atoms with Gasteiger partial charge in [0.15, 0.2) is 5.78 Å². The van der Waals surface area contributed by atoms with Crippen molar-refractivity contribution in [3.63, 3.8) is 0 Å². The molecule has 7 nitrogen and oxygen atoms in total. The van der Waals surface area contributed by atoms with E-state index < -0.39 is 42.5 Å². The summed E-state index contributed by atoms with van der Waals surface area (Å²) in [5, 5.41) is 41.8. The second-order valence-electron chi connectivity index (χ2n) is 17.6. The summed E-state index contributed by atoms with van der Waals surface area (Å²) in [6, 6.07) is 0. The lowest BCUT2D eigenvalue weighted by Gasteiger charge is -2.71. The molecule has 6 rings (SSSR count). The van der Waals surface area contributed by atoms with Gasteiger partial charge < -0.3 is 25.2 Å². The van der Waals surface area contributed by atoms with Gasteiger partial charge in [0.05, 0.1) is 6.61 Å². The number of hydrogen-bond acceptors (Lipinski definition) is 7. The number of rotatable bonds is 3. The summed E-state index contributed by atoms with van der Waals surface area (Å²) >= 11 is 0. The van der Waals surface area contributed by atoms with Crippen LogP contribution in [0.4, 0.5) is 0 Å². The Balaban J connectivity index is 1.41. The van der Waals surface area contributed by atoms with Crippen molar-refractivity contribution in [3.05, 3.63) is 11.6 Å². The zero-order valence-electron chi connectivity index (χ0n) is 27.5. The number of Topliss-reactive ketones (excluding diaryl/α,β-unsaturated/α-hetero) is 2. The molecule has 0 amide bonds. The van der Waals surface area contributed by atoms with Crippen LogP contribution in [0.5, 0.6) is 0 Å². The molecule has 12 atom stereocenters. The molecule has 242 valence electrons. The quantitative estimate of drug-likeness (QED) is 0.344. The van der Waals surface area contributed by atoms with Crippen molar-refractivity contribution < 1.29 is 34.8 Å². The molecule has 4 N–H and O–H groups in total. The average molecular weight is 601 g/mol. The predicted molar refractivity (Wildman–Crippen MR) is 163 cm³/mol. The van der Waals surface area contributed by atoms with Crippen molar-refractivity contribution in [2.45, 2.75) is 143 Å². The van der Waals surface area contributed by atoms with Crippen LogP contribution >= 0.6 is 0 Å². The number of allylic oxidation sites excluding steroid dienone is 2. The maximum atomic E-state index is 14.7. The lowest BCUT2D eigenvalue weighted by atomic mass is 9.33. The first-order valence-corrected chi connectivity index (χ1v) is 17.0. The van der Waals surface area contributed by atoms with Gasteiger partial charge in [-0.3, -0.25) is 9.59 Å². The molecule has 0 spiro atoms. The van der Waals surface area contributed by atoms with Gasteiger partial charge in [0.2, 0.25) is 0 Å². The minimum atomic E-state index is -1.56. The number of hydrogen-bond donors (Lipinski definition) is 4. The minimum absolute atomic E-state index is 0.00236. The molecule has 43 heavy (non-hydrogen) atoms. The van der Waals surface area contributed by atoms with Gasteiger partial charge in [0.25, 0.3) is 0 Å². The van der Waals surface area contributed by atoms with Crippen LogP contribution in [0.25, 0.3) is 0 Å². The van der Waals surface area contributed by atoms with E-state index in [1.165, 1.54) is 5.57 Å². The van der Waals surface area contributed by atoms with Crippen LogP contribution in [-0.4, -0.2) is 69.1 Å². The molecule has 1 aliphatic heterocycles. The first-order valence-electron chi connectivity index (χ1n) is 17.0. The van der Waals surface area contributed by atoms with E-state index in [1.54, 1.807) is 0 Å². The first kappa shape index (κ1) is 31.8. The lowest BCUT2D eigenvalue weighted by Crippen LogP contribution is -2.67. The Hall–Kier alpha value is -1.12. The second-order valence-corrected chi connectivity index (χ2v) is 17.6. The summed E-state index contributed by atoms with van der Waals surface area (Å²) in [4.78, 5) is 27.8. The Morgan fingerprint density at radius 2 is 1.56 bits per heavy atom. The highest BCUT2D eigenvalue weighted by atomic mass is 16.5. The molecule has 5 aliphatic carbocycles. The van der Waals surface area contributed by atoms with Gasteiger partial charge in [0, 0.05) is 17.3 Å². The number of aliphatic hydroxyl groups excluding tert-OH is 4. The van der Waals surface area contributed by atoms with Crippen LogP contribution in [0.2, 0.25) is 0 Å². The maximum Gasteiger partial charge on any atom is 0.171 e. The number of aliphatic hydroxyl groups is 4. The minimum Gasteiger partial charge on any atom is -0.394 e. The van der Waals surface area contributed by atoms with E-state index in [1.807, 2.05) is 0 Å². The van der Waals surface area contributed by atoms with Crippen molar-refractivity contribution in [3.8, 4) is 0 Å². The highest BCUT2D eigenvalue weighted by molar-refractivity contribution is 5.91. The molecular formula is C36H56O7. The summed E-state index contributed by atoms with van der Waals surface area (Å²) in [5.74, 6) is 1.08. The highest BCUT2D eigenvalue weighted by Crippen LogP contribution is 2.75. The van der Waals surface area contributed by atoms with E-state index in [9.17, 15) is 30.0 Å². The molecule has 0 radical (unpaired) electrons. The van der Waals surface area contributed by atoms with Gasteiger partial charge in [0.1, 0.15) is 36.3 Å². The third-order valence-electron chi connectivity index (χ3n) is 15.0. The molecule has 7 heteroatoms. The van der Waals surface area contributed by atoms with Crippen molar-refractivity contribution in [1.29, 1.82) is 0 Å². The van der Waals surface area contributed by atoms with Crippen LogP contribution in [0, 0.1) is 50.2 Å². The van der Waals surface area contributed by atoms with E-state index in [0.717, 1.165) is 44.9 Å². The molecule has 0 aromatic carbocycles. The third-order valence-corrected chi connectivity index (χ3v) is 15.0. The summed E-state index contributed by atoms with van der Waals surface area (Å²) < 4.78 is 5.90. The third kappa shape index (κ3) is 4.16. The van der Waals surface area contributed by atoms with Gasteiger partial charge >= 0.3 is 0 Å². The van der Waals surface area contributed by atoms with Gasteiger partial charge in [-0.25, -0.2) is 0 Å². The summed E-state index contributed by atoms with van der Waals surface area (Å²) in [7, 11) is 0. The first-order chi connectivity index (χ1) is 19.9. The fourth-order valence-corrected chi connectivity index (χ4v) is 12.1. The fourth-order valence-electron chi connectivity index (χ4n) is 12.1. The van der Waals surface area contributed by atoms with Gasteiger partial charge in [-0.2, -0.15) is 0 Å². The van der Waals surface area contributed by atoms with Crippen LogP contribution in [0.1, 0.15) is 113 Å². The largest absolute Gasteiger partial charge is 0.394 e. The molecule has 6 aliphatic rings. The molecule has 1 saturated heterocycles.